The van der Waals surface area contributed by atoms with Crippen molar-refractivity contribution >= 4 is 22.4 Å². The normalized spacial score (nSPS) is 17.1. The van der Waals surface area contributed by atoms with Crippen LogP contribution in [-0.2, 0) is 23.8 Å². The Hall–Kier alpha value is -2.97. The van der Waals surface area contributed by atoms with Crippen LogP contribution in [0.1, 0.15) is 23.4 Å². The lowest BCUT2D eigenvalue weighted by atomic mass is 9.85. The summed E-state index contributed by atoms with van der Waals surface area (Å²) in [6.07, 6.45) is 2.67. The summed E-state index contributed by atoms with van der Waals surface area (Å²) in [4.78, 5) is 20.7. The van der Waals surface area contributed by atoms with Crippen molar-refractivity contribution in [3.63, 3.8) is 0 Å². The minimum Gasteiger partial charge on any atom is -0.324 e. The highest BCUT2D eigenvalue weighted by molar-refractivity contribution is 6.02. The molecule has 0 bridgehead atoms. The second kappa shape index (κ2) is 6.08. The van der Waals surface area contributed by atoms with Gasteiger partial charge in [-0.1, -0.05) is 0 Å². The Kier molecular flexibility index (Phi) is 3.86. The molecule has 3 aromatic heterocycles. The number of halogens is 3. The molecule has 4 rings (SSSR count). The Morgan fingerprint density at radius 3 is 2.85 bits per heavy atom. The highest BCUT2D eigenvalue weighted by atomic mass is 19.4. The molecule has 6 nitrogen and oxygen atoms in total. The van der Waals surface area contributed by atoms with Crippen molar-refractivity contribution in [3.05, 3.63) is 47.8 Å². The van der Waals surface area contributed by atoms with Gasteiger partial charge in [-0.05, 0) is 25.3 Å². The van der Waals surface area contributed by atoms with E-state index in [1.807, 2.05) is 0 Å². The van der Waals surface area contributed by atoms with Crippen LogP contribution < -0.4 is 5.32 Å². The molecule has 3 heterocycles. The van der Waals surface area contributed by atoms with Gasteiger partial charge < -0.3 is 5.32 Å². The van der Waals surface area contributed by atoms with E-state index in [4.69, 9.17) is 0 Å². The second-order valence-electron chi connectivity index (χ2n) is 6.24. The van der Waals surface area contributed by atoms with Crippen LogP contribution in [0.15, 0.2) is 30.9 Å². The molecule has 1 unspecified atom stereocenters. The predicted octanol–water partition coefficient (Wildman–Crippen LogP) is 3.12. The fourth-order valence-electron chi connectivity index (χ4n) is 3.30. The molecule has 0 saturated heterocycles. The topological polar surface area (TPSA) is 83.6 Å². The third-order valence-electron chi connectivity index (χ3n) is 4.60. The number of rotatable bonds is 2. The Labute approximate surface area is 145 Å². The number of aryl methyl sites for hydroxylation is 1. The minimum atomic E-state index is -4.53. The minimum absolute atomic E-state index is 0.00621. The number of nitrogens with one attached hydrogen (secondary N) is 2. The van der Waals surface area contributed by atoms with E-state index in [9.17, 15) is 18.0 Å². The molecule has 1 aliphatic carbocycles. The number of aromatic nitrogens is 4. The molecular formula is C17H14F3N5O. The maximum Gasteiger partial charge on any atom is 0.435 e. The molecule has 0 aliphatic heterocycles. The fraction of sp³-hybridized carbons (Fsp3) is 0.294. The van der Waals surface area contributed by atoms with Crippen LogP contribution in [-0.4, -0.2) is 26.1 Å². The van der Waals surface area contributed by atoms with E-state index >= 15 is 0 Å². The lowest BCUT2D eigenvalue weighted by Crippen LogP contribution is -2.29. The zero-order chi connectivity index (χ0) is 18.3. The van der Waals surface area contributed by atoms with Crippen molar-refractivity contribution in [1.29, 1.82) is 0 Å². The SMILES string of the molecule is O=C(Nc1cncc2cnccc12)C1CCc2[nH]nc(C(F)(F)F)c2C1. The van der Waals surface area contributed by atoms with Crippen molar-refractivity contribution in [1.82, 2.24) is 20.2 Å². The summed E-state index contributed by atoms with van der Waals surface area (Å²) in [7, 11) is 0. The van der Waals surface area contributed by atoms with Gasteiger partial charge >= 0.3 is 6.18 Å². The number of nitrogens with zero attached hydrogens (tertiary/aromatic N) is 3. The average Bonchev–Trinajstić information content (AvgIpc) is 3.05. The number of H-pyrrole nitrogens is 1. The van der Waals surface area contributed by atoms with Gasteiger partial charge in [0, 0.05) is 46.5 Å². The average molecular weight is 361 g/mol. The molecule has 26 heavy (non-hydrogen) atoms. The Morgan fingerprint density at radius 2 is 2.04 bits per heavy atom. The lowest BCUT2D eigenvalue weighted by Gasteiger charge is -2.22. The molecule has 1 atom stereocenters. The van der Waals surface area contributed by atoms with E-state index in [2.05, 4.69) is 25.5 Å². The number of aromatic amines is 1. The van der Waals surface area contributed by atoms with Crippen molar-refractivity contribution < 1.29 is 18.0 Å². The number of pyridine rings is 2. The van der Waals surface area contributed by atoms with Crippen LogP contribution in [0.5, 0.6) is 0 Å². The van der Waals surface area contributed by atoms with Crippen LogP contribution in [0.3, 0.4) is 0 Å². The van der Waals surface area contributed by atoms with Gasteiger partial charge in [0.25, 0.3) is 0 Å². The van der Waals surface area contributed by atoms with E-state index in [0.717, 1.165) is 10.8 Å². The van der Waals surface area contributed by atoms with Crippen molar-refractivity contribution in [3.8, 4) is 0 Å². The number of hydrogen-bond donors (Lipinski definition) is 2. The summed E-state index contributed by atoms with van der Waals surface area (Å²) in [5.41, 5.74) is 0.134. The van der Waals surface area contributed by atoms with Gasteiger partial charge in [0.2, 0.25) is 5.91 Å². The van der Waals surface area contributed by atoms with E-state index in [1.165, 1.54) is 6.20 Å². The first kappa shape index (κ1) is 16.5. The zero-order valence-corrected chi connectivity index (χ0v) is 13.5. The summed E-state index contributed by atoms with van der Waals surface area (Å²) < 4.78 is 39.2. The van der Waals surface area contributed by atoms with Crippen LogP contribution in [0, 0.1) is 5.92 Å². The summed E-state index contributed by atoms with van der Waals surface area (Å²) in [5.74, 6) is -0.880. The predicted molar refractivity (Wildman–Crippen MR) is 87.3 cm³/mol. The van der Waals surface area contributed by atoms with Gasteiger partial charge in [-0.2, -0.15) is 18.3 Å². The monoisotopic (exact) mass is 361 g/mol. The Morgan fingerprint density at radius 1 is 1.23 bits per heavy atom. The molecule has 1 aliphatic rings. The molecule has 9 heteroatoms. The van der Waals surface area contributed by atoms with Gasteiger partial charge in [-0.3, -0.25) is 19.9 Å². The van der Waals surface area contributed by atoms with Gasteiger partial charge in [-0.15, -0.1) is 0 Å². The first-order valence-corrected chi connectivity index (χ1v) is 8.05. The number of carbonyl (C=O) groups is 1. The number of hydrogen-bond acceptors (Lipinski definition) is 4. The summed E-state index contributed by atoms with van der Waals surface area (Å²) in [6, 6.07) is 1.75. The van der Waals surface area contributed by atoms with Crippen LogP contribution in [0.25, 0.3) is 10.8 Å². The summed E-state index contributed by atoms with van der Waals surface area (Å²) in [6.45, 7) is 0. The summed E-state index contributed by atoms with van der Waals surface area (Å²) >= 11 is 0. The third kappa shape index (κ3) is 2.89. The molecule has 0 fully saturated rings. The first-order valence-electron chi connectivity index (χ1n) is 8.05. The number of carbonyl (C=O) groups excluding carboxylic acids is 1. The Bertz CT molecular complexity index is 977. The zero-order valence-electron chi connectivity index (χ0n) is 13.5. The van der Waals surface area contributed by atoms with Crippen LogP contribution >= 0.6 is 0 Å². The molecular weight excluding hydrogens is 347 g/mol. The largest absolute Gasteiger partial charge is 0.435 e. The quantitative estimate of drug-likeness (QED) is 0.735. The molecule has 1 amide bonds. The molecule has 0 spiro atoms. The number of anilines is 1. The standard InChI is InChI=1S/C17H14F3N5O/c18-17(19,20)15-12-5-9(1-2-13(12)24-25-15)16(26)23-14-8-22-7-10-6-21-4-3-11(10)14/h3-4,6-9H,1-2,5H2,(H,23,26)(H,24,25). The molecule has 0 aromatic carbocycles. The second-order valence-corrected chi connectivity index (χ2v) is 6.24. The van der Waals surface area contributed by atoms with Gasteiger partial charge in [0.05, 0.1) is 11.9 Å². The molecule has 134 valence electrons. The van der Waals surface area contributed by atoms with Gasteiger partial charge in [0.1, 0.15) is 0 Å². The smallest absolute Gasteiger partial charge is 0.324 e. The van der Waals surface area contributed by atoms with E-state index in [0.29, 0.717) is 24.2 Å². The first-order chi connectivity index (χ1) is 12.4. The molecule has 2 N–H and O–H groups in total. The van der Waals surface area contributed by atoms with Crippen LogP contribution in [0.2, 0.25) is 0 Å². The van der Waals surface area contributed by atoms with Crippen molar-refractivity contribution in [2.75, 3.05) is 5.32 Å². The third-order valence-corrected chi connectivity index (χ3v) is 4.60. The van der Waals surface area contributed by atoms with Crippen LogP contribution in [0.4, 0.5) is 18.9 Å². The fourth-order valence-corrected chi connectivity index (χ4v) is 3.30. The molecule has 3 aromatic rings. The summed E-state index contributed by atoms with van der Waals surface area (Å²) in [5, 5.41) is 10.2. The maximum atomic E-state index is 13.1. The maximum absolute atomic E-state index is 13.1. The number of alkyl halides is 3. The van der Waals surface area contributed by atoms with E-state index in [-0.39, 0.29) is 17.9 Å². The molecule has 0 radical (unpaired) electrons. The van der Waals surface area contributed by atoms with E-state index < -0.39 is 17.8 Å². The van der Waals surface area contributed by atoms with E-state index in [1.54, 1.807) is 24.7 Å². The van der Waals surface area contributed by atoms with Crippen molar-refractivity contribution in [2.45, 2.75) is 25.4 Å². The number of amides is 1. The van der Waals surface area contributed by atoms with Gasteiger partial charge in [-0.25, -0.2) is 0 Å². The number of fused-ring (bicyclic) bond motifs is 2. The molecule has 0 saturated carbocycles. The highest BCUT2D eigenvalue weighted by Gasteiger charge is 2.40. The Balaban J connectivity index is 1.57. The van der Waals surface area contributed by atoms with Crippen molar-refractivity contribution in [2.24, 2.45) is 5.92 Å². The lowest BCUT2D eigenvalue weighted by molar-refractivity contribution is -0.142. The van der Waals surface area contributed by atoms with Gasteiger partial charge in [0.15, 0.2) is 5.69 Å². The highest BCUT2D eigenvalue weighted by Crippen LogP contribution is 2.36.